The van der Waals surface area contributed by atoms with Crippen LogP contribution in [0.25, 0.3) is 0 Å². The van der Waals surface area contributed by atoms with E-state index in [9.17, 15) is 8.42 Å². The summed E-state index contributed by atoms with van der Waals surface area (Å²) in [5.74, 6) is 0.217. The van der Waals surface area contributed by atoms with Crippen LogP contribution in [0.15, 0.2) is 47.4 Å². The van der Waals surface area contributed by atoms with Gasteiger partial charge >= 0.3 is 0 Å². The topological polar surface area (TPSA) is 81.4 Å². The molecule has 0 aliphatic heterocycles. The van der Waals surface area contributed by atoms with Crippen LogP contribution in [0, 0.1) is 0 Å². The summed E-state index contributed by atoms with van der Waals surface area (Å²) >= 11 is 0. The van der Waals surface area contributed by atoms with Crippen molar-refractivity contribution in [1.82, 2.24) is 0 Å². The molecule has 0 radical (unpaired) electrons. The highest BCUT2D eigenvalue weighted by molar-refractivity contribution is 7.92. The van der Waals surface area contributed by atoms with Gasteiger partial charge in [-0.05, 0) is 36.2 Å². The molecule has 5 nitrogen and oxygen atoms in total. The van der Waals surface area contributed by atoms with Gasteiger partial charge in [-0.2, -0.15) is 0 Å². The van der Waals surface area contributed by atoms with Crippen LogP contribution in [0.1, 0.15) is 12.5 Å². The van der Waals surface area contributed by atoms with E-state index in [1.165, 1.54) is 25.3 Å². The van der Waals surface area contributed by atoms with Gasteiger partial charge in [-0.1, -0.05) is 19.1 Å². The normalized spacial score (nSPS) is 11.1. The maximum atomic E-state index is 12.5. The lowest BCUT2D eigenvalue weighted by Crippen LogP contribution is -2.14. The number of ether oxygens (including phenoxy) is 1. The maximum Gasteiger partial charge on any atom is 0.265 e. The minimum Gasteiger partial charge on any atom is -0.495 e. The average molecular weight is 306 g/mol. The van der Waals surface area contributed by atoms with Gasteiger partial charge in [-0.25, -0.2) is 8.42 Å². The molecule has 2 aromatic rings. The zero-order chi connectivity index (χ0) is 15.5. The Hall–Kier alpha value is -2.21. The number of nitrogens with two attached hydrogens (primary N) is 1. The molecule has 0 unspecified atom stereocenters. The van der Waals surface area contributed by atoms with Crippen LogP contribution in [0.2, 0.25) is 0 Å². The summed E-state index contributed by atoms with van der Waals surface area (Å²) in [6.07, 6.45) is 0.834. The van der Waals surface area contributed by atoms with Crippen molar-refractivity contribution in [1.29, 1.82) is 0 Å². The standard InChI is InChI=1S/C15H18N2O3S/c1-3-11-5-4-6-13(9-11)17-21(18,19)15-8-7-12(16)10-14(15)20-2/h4-10,17H,3,16H2,1-2H3. The van der Waals surface area contributed by atoms with Crippen LogP contribution >= 0.6 is 0 Å². The minimum absolute atomic E-state index is 0.0566. The molecule has 0 spiro atoms. The third-order valence-corrected chi connectivity index (χ3v) is 4.49. The first-order chi connectivity index (χ1) is 9.96. The average Bonchev–Trinajstić information content (AvgIpc) is 2.46. The van der Waals surface area contributed by atoms with Crippen molar-refractivity contribution in [3.63, 3.8) is 0 Å². The molecule has 0 amide bonds. The number of anilines is 2. The molecule has 0 bridgehead atoms. The number of hydrogen-bond donors (Lipinski definition) is 2. The fourth-order valence-electron chi connectivity index (χ4n) is 1.97. The van der Waals surface area contributed by atoms with Crippen LogP contribution < -0.4 is 15.2 Å². The molecule has 0 atom stereocenters. The molecule has 2 aromatic carbocycles. The lowest BCUT2D eigenvalue weighted by Gasteiger charge is -2.12. The molecule has 0 aliphatic rings. The minimum atomic E-state index is -3.73. The van der Waals surface area contributed by atoms with Gasteiger partial charge in [0.1, 0.15) is 10.6 Å². The van der Waals surface area contributed by atoms with Crippen LogP contribution in [0.4, 0.5) is 11.4 Å². The van der Waals surface area contributed by atoms with Crippen LogP contribution in [0.5, 0.6) is 5.75 Å². The second-order valence-corrected chi connectivity index (χ2v) is 6.22. The summed E-state index contributed by atoms with van der Waals surface area (Å²) < 4.78 is 32.6. The van der Waals surface area contributed by atoms with Crippen LogP contribution in [-0.4, -0.2) is 15.5 Å². The van der Waals surface area contributed by atoms with E-state index >= 15 is 0 Å². The first-order valence-electron chi connectivity index (χ1n) is 6.51. The van der Waals surface area contributed by atoms with Crippen molar-refractivity contribution < 1.29 is 13.2 Å². The molecule has 21 heavy (non-hydrogen) atoms. The molecule has 0 aliphatic carbocycles. The quantitative estimate of drug-likeness (QED) is 0.832. The maximum absolute atomic E-state index is 12.5. The predicted octanol–water partition coefficient (Wildman–Crippen LogP) is 2.64. The highest BCUT2D eigenvalue weighted by Gasteiger charge is 2.19. The SMILES string of the molecule is CCc1cccc(NS(=O)(=O)c2ccc(N)cc2OC)c1. The highest BCUT2D eigenvalue weighted by atomic mass is 32.2. The van der Waals surface area contributed by atoms with Gasteiger partial charge in [0.05, 0.1) is 7.11 Å². The van der Waals surface area contributed by atoms with Gasteiger partial charge in [0.25, 0.3) is 10.0 Å². The number of rotatable bonds is 5. The van der Waals surface area contributed by atoms with Crippen LogP contribution in [0.3, 0.4) is 0 Å². The molecule has 0 saturated heterocycles. The summed E-state index contributed by atoms with van der Waals surface area (Å²) in [5, 5.41) is 0. The Labute approximate surface area is 124 Å². The van der Waals surface area contributed by atoms with Gasteiger partial charge < -0.3 is 10.5 Å². The molecule has 0 saturated carbocycles. The van der Waals surface area contributed by atoms with Crippen molar-refractivity contribution in [3.05, 3.63) is 48.0 Å². The molecular formula is C15H18N2O3S. The van der Waals surface area contributed by atoms with E-state index in [0.717, 1.165) is 12.0 Å². The molecule has 112 valence electrons. The first kappa shape index (κ1) is 15.2. The Morgan fingerprint density at radius 3 is 2.62 bits per heavy atom. The fraction of sp³-hybridized carbons (Fsp3) is 0.200. The molecule has 0 aromatic heterocycles. The van der Waals surface area contributed by atoms with Gasteiger partial charge in [0.15, 0.2) is 0 Å². The van der Waals surface area contributed by atoms with Crippen molar-refractivity contribution in [3.8, 4) is 5.75 Å². The Morgan fingerprint density at radius 2 is 1.95 bits per heavy atom. The molecule has 0 heterocycles. The number of aryl methyl sites for hydroxylation is 1. The zero-order valence-electron chi connectivity index (χ0n) is 12.0. The third kappa shape index (κ3) is 3.46. The second-order valence-electron chi connectivity index (χ2n) is 4.57. The Kier molecular flexibility index (Phi) is 4.37. The van der Waals surface area contributed by atoms with Crippen molar-refractivity contribution in [2.45, 2.75) is 18.2 Å². The van der Waals surface area contributed by atoms with E-state index in [0.29, 0.717) is 11.4 Å². The predicted molar refractivity (Wildman–Crippen MR) is 84.0 cm³/mol. The Bertz CT molecular complexity index is 742. The summed E-state index contributed by atoms with van der Waals surface area (Å²) in [6, 6.07) is 11.7. The van der Waals surface area contributed by atoms with E-state index in [2.05, 4.69) is 4.72 Å². The first-order valence-corrected chi connectivity index (χ1v) is 8.00. The van der Waals surface area contributed by atoms with Crippen molar-refractivity contribution in [2.75, 3.05) is 17.6 Å². The van der Waals surface area contributed by atoms with Gasteiger partial charge in [-0.3, -0.25) is 4.72 Å². The van der Waals surface area contributed by atoms with E-state index in [1.807, 2.05) is 19.1 Å². The van der Waals surface area contributed by atoms with Gasteiger partial charge in [-0.15, -0.1) is 0 Å². The largest absolute Gasteiger partial charge is 0.495 e. The Balaban J connectivity index is 2.38. The van der Waals surface area contributed by atoms with E-state index in [-0.39, 0.29) is 10.6 Å². The monoisotopic (exact) mass is 306 g/mol. The summed E-state index contributed by atoms with van der Waals surface area (Å²) in [6.45, 7) is 2.01. The number of benzene rings is 2. The molecule has 3 N–H and O–H groups in total. The van der Waals surface area contributed by atoms with E-state index in [4.69, 9.17) is 10.5 Å². The number of nitrogens with one attached hydrogen (secondary N) is 1. The van der Waals surface area contributed by atoms with Gasteiger partial charge in [0.2, 0.25) is 0 Å². The summed E-state index contributed by atoms with van der Waals surface area (Å²) in [4.78, 5) is 0.0566. The lowest BCUT2D eigenvalue weighted by atomic mass is 10.1. The number of hydrogen-bond acceptors (Lipinski definition) is 4. The number of nitrogen functional groups attached to an aromatic ring is 1. The highest BCUT2D eigenvalue weighted by Crippen LogP contribution is 2.28. The molecular weight excluding hydrogens is 288 g/mol. The lowest BCUT2D eigenvalue weighted by molar-refractivity contribution is 0.403. The summed E-state index contributed by atoms with van der Waals surface area (Å²) in [5.41, 5.74) is 7.66. The van der Waals surface area contributed by atoms with Crippen LogP contribution in [-0.2, 0) is 16.4 Å². The third-order valence-electron chi connectivity index (χ3n) is 3.06. The molecule has 0 fully saturated rings. The van der Waals surface area contributed by atoms with Crippen molar-refractivity contribution >= 4 is 21.4 Å². The second kappa shape index (κ2) is 6.05. The van der Waals surface area contributed by atoms with Gasteiger partial charge in [0, 0.05) is 17.4 Å². The smallest absolute Gasteiger partial charge is 0.265 e. The fourth-order valence-corrected chi connectivity index (χ4v) is 3.17. The number of methoxy groups -OCH3 is 1. The van der Waals surface area contributed by atoms with E-state index < -0.39 is 10.0 Å². The van der Waals surface area contributed by atoms with E-state index in [1.54, 1.807) is 12.1 Å². The zero-order valence-corrected chi connectivity index (χ0v) is 12.8. The molecule has 6 heteroatoms. The number of sulfonamides is 1. The Morgan fingerprint density at radius 1 is 1.19 bits per heavy atom. The van der Waals surface area contributed by atoms with Crippen molar-refractivity contribution in [2.24, 2.45) is 0 Å². The molecule has 2 rings (SSSR count). The summed E-state index contributed by atoms with van der Waals surface area (Å²) in [7, 11) is -2.32.